The molecule has 2 unspecified atom stereocenters. The SMILES string of the molecule is COC(=O)/C=C\C(O)Nc1ccc(Cl)cc1C(=O)NC(C)C1CC1. The van der Waals surface area contributed by atoms with Crippen molar-refractivity contribution in [1.29, 1.82) is 0 Å². The lowest BCUT2D eigenvalue weighted by molar-refractivity contribution is -0.134. The van der Waals surface area contributed by atoms with E-state index < -0.39 is 12.2 Å². The zero-order valence-electron chi connectivity index (χ0n) is 13.6. The van der Waals surface area contributed by atoms with Crippen LogP contribution in [0.15, 0.2) is 30.4 Å². The number of anilines is 1. The number of benzene rings is 1. The van der Waals surface area contributed by atoms with Gasteiger partial charge in [0, 0.05) is 22.8 Å². The Kier molecular flexibility index (Phi) is 6.23. The second kappa shape index (κ2) is 8.17. The Morgan fingerprint density at radius 2 is 2.12 bits per heavy atom. The first-order chi connectivity index (χ1) is 11.4. The van der Waals surface area contributed by atoms with Crippen molar-refractivity contribution >= 4 is 29.2 Å². The van der Waals surface area contributed by atoms with Crippen LogP contribution >= 0.6 is 11.6 Å². The number of aliphatic hydroxyl groups is 1. The van der Waals surface area contributed by atoms with E-state index in [0.29, 0.717) is 22.2 Å². The molecule has 0 spiro atoms. The summed E-state index contributed by atoms with van der Waals surface area (Å²) in [5.74, 6) is -0.315. The Hall–Kier alpha value is -2.05. The van der Waals surface area contributed by atoms with Crippen LogP contribution in [0, 0.1) is 5.92 Å². The number of nitrogens with one attached hydrogen (secondary N) is 2. The van der Waals surface area contributed by atoms with Crippen LogP contribution in [0.5, 0.6) is 0 Å². The summed E-state index contributed by atoms with van der Waals surface area (Å²) in [4.78, 5) is 23.5. The van der Waals surface area contributed by atoms with Crippen molar-refractivity contribution in [3.63, 3.8) is 0 Å². The predicted molar refractivity (Wildman–Crippen MR) is 91.9 cm³/mol. The van der Waals surface area contributed by atoms with Gasteiger partial charge in [0.15, 0.2) is 0 Å². The third-order valence-electron chi connectivity index (χ3n) is 3.83. The van der Waals surface area contributed by atoms with Crippen molar-refractivity contribution in [2.75, 3.05) is 12.4 Å². The number of aliphatic hydroxyl groups excluding tert-OH is 1. The summed E-state index contributed by atoms with van der Waals surface area (Å²) < 4.78 is 4.45. The molecule has 1 aliphatic carbocycles. The van der Waals surface area contributed by atoms with Gasteiger partial charge in [-0.15, -0.1) is 0 Å². The molecule has 24 heavy (non-hydrogen) atoms. The van der Waals surface area contributed by atoms with Crippen molar-refractivity contribution in [2.24, 2.45) is 5.92 Å². The highest BCUT2D eigenvalue weighted by atomic mass is 35.5. The number of rotatable bonds is 7. The smallest absolute Gasteiger partial charge is 0.330 e. The molecule has 3 N–H and O–H groups in total. The summed E-state index contributed by atoms with van der Waals surface area (Å²) in [5.41, 5.74) is 0.752. The molecule has 1 aliphatic rings. The number of carbonyl (C=O) groups is 2. The van der Waals surface area contributed by atoms with Gasteiger partial charge < -0.3 is 20.5 Å². The van der Waals surface area contributed by atoms with Gasteiger partial charge in [-0.3, -0.25) is 4.79 Å². The fourth-order valence-electron chi connectivity index (χ4n) is 2.27. The first-order valence-corrected chi connectivity index (χ1v) is 8.09. The summed E-state index contributed by atoms with van der Waals surface area (Å²) in [7, 11) is 1.25. The molecule has 1 saturated carbocycles. The van der Waals surface area contributed by atoms with Crippen molar-refractivity contribution < 1.29 is 19.4 Å². The van der Waals surface area contributed by atoms with E-state index in [4.69, 9.17) is 11.6 Å². The minimum atomic E-state index is -1.15. The van der Waals surface area contributed by atoms with Crippen LogP contribution in [0.25, 0.3) is 0 Å². The van der Waals surface area contributed by atoms with Gasteiger partial charge in [-0.05, 0) is 50.0 Å². The van der Waals surface area contributed by atoms with Gasteiger partial charge in [0.05, 0.1) is 12.7 Å². The summed E-state index contributed by atoms with van der Waals surface area (Å²) in [5, 5.41) is 16.1. The third kappa shape index (κ3) is 5.25. The summed E-state index contributed by atoms with van der Waals surface area (Å²) >= 11 is 5.98. The Labute approximate surface area is 145 Å². The average Bonchev–Trinajstić information content (AvgIpc) is 3.39. The van der Waals surface area contributed by atoms with E-state index in [-0.39, 0.29) is 11.9 Å². The van der Waals surface area contributed by atoms with Gasteiger partial charge in [-0.25, -0.2) is 4.79 Å². The van der Waals surface area contributed by atoms with Crippen LogP contribution in [0.4, 0.5) is 5.69 Å². The summed E-state index contributed by atoms with van der Waals surface area (Å²) in [6.45, 7) is 1.97. The van der Waals surface area contributed by atoms with Crippen LogP contribution in [0.1, 0.15) is 30.1 Å². The van der Waals surface area contributed by atoms with Crippen molar-refractivity contribution in [3.8, 4) is 0 Å². The molecule has 130 valence electrons. The molecule has 0 aromatic heterocycles. The van der Waals surface area contributed by atoms with Crippen LogP contribution in [0.3, 0.4) is 0 Å². The second-order valence-corrected chi connectivity index (χ2v) is 6.20. The number of carbonyl (C=O) groups excluding carboxylic acids is 2. The fourth-order valence-corrected chi connectivity index (χ4v) is 2.45. The lowest BCUT2D eigenvalue weighted by Crippen LogP contribution is -2.34. The molecule has 6 nitrogen and oxygen atoms in total. The molecule has 7 heteroatoms. The van der Waals surface area contributed by atoms with Crippen molar-refractivity contribution in [3.05, 3.63) is 40.9 Å². The second-order valence-electron chi connectivity index (χ2n) is 5.76. The largest absolute Gasteiger partial charge is 0.466 e. The molecule has 2 atom stereocenters. The molecule has 0 aliphatic heterocycles. The number of hydrogen-bond acceptors (Lipinski definition) is 5. The Morgan fingerprint density at radius 1 is 1.42 bits per heavy atom. The molecule has 0 bridgehead atoms. The fraction of sp³-hybridized carbons (Fsp3) is 0.412. The molecular formula is C17H21ClN2O4. The van der Waals surface area contributed by atoms with Crippen LogP contribution in [-0.4, -0.2) is 36.4 Å². The van der Waals surface area contributed by atoms with E-state index in [2.05, 4.69) is 15.4 Å². The summed E-state index contributed by atoms with van der Waals surface area (Å²) in [6.07, 6.45) is 3.42. The van der Waals surface area contributed by atoms with E-state index in [0.717, 1.165) is 18.9 Å². The van der Waals surface area contributed by atoms with Crippen LogP contribution in [-0.2, 0) is 9.53 Å². The Morgan fingerprint density at radius 3 is 2.75 bits per heavy atom. The number of hydrogen-bond donors (Lipinski definition) is 3. The van der Waals surface area contributed by atoms with Gasteiger partial charge >= 0.3 is 5.97 Å². The Bertz CT molecular complexity index is 643. The molecule has 1 amide bonds. The first kappa shape index (κ1) is 18.3. The molecule has 0 saturated heterocycles. The highest BCUT2D eigenvalue weighted by molar-refractivity contribution is 6.31. The quantitative estimate of drug-likeness (QED) is 0.398. The lowest BCUT2D eigenvalue weighted by Gasteiger charge is -2.17. The average molecular weight is 353 g/mol. The molecule has 2 rings (SSSR count). The third-order valence-corrected chi connectivity index (χ3v) is 4.07. The maximum Gasteiger partial charge on any atom is 0.330 e. The van der Waals surface area contributed by atoms with Gasteiger partial charge in [0.25, 0.3) is 5.91 Å². The predicted octanol–water partition coefficient (Wildman–Crippen LogP) is 2.33. The van der Waals surface area contributed by atoms with Gasteiger partial charge in [0.1, 0.15) is 6.23 Å². The highest BCUT2D eigenvalue weighted by Gasteiger charge is 2.29. The van der Waals surface area contributed by atoms with Gasteiger partial charge in [-0.1, -0.05) is 11.6 Å². The summed E-state index contributed by atoms with van der Waals surface area (Å²) in [6, 6.07) is 4.85. The van der Waals surface area contributed by atoms with Crippen molar-refractivity contribution in [1.82, 2.24) is 5.32 Å². The van der Waals surface area contributed by atoms with E-state index in [1.165, 1.54) is 19.3 Å². The van der Waals surface area contributed by atoms with E-state index >= 15 is 0 Å². The maximum absolute atomic E-state index is 12.5. The minimum Gasteiger partial charge on any atom is -0.466 e. The normalized spacial score (nSPS) is 16.5. The Balaban J connectivity index is 2.10. The molecule has 1 fully saturated rings. The van der Waals surface area contributed by atoms with E-state index in [9.17, 15) is 14.7 Å². The maximum atomic E-state index is 12.5. The molecule has 1 aromatic carbocycles. The molecule has 0 radical (unpaired) electrons. The van der Waals surface area contributed by atoms with Crippen LogP contribution < -0.4 is 10.6 Å². The number of esters is 1. The van der Waals surface area contributed by atoms with Crippen molar-refractivity contribution in [2.45, 2.75) is 32.0 Å². The highest BCUT2D eigenvalue weighted by Crippen LogP contribution is 2.32. The molecular weight excluding hydrogens is 332 g/mol. The van der Waals surface area contributed by atoms with E-state index in [1.807, 2.05) is 6.92 Å². The van der Waals surface area contributed by atoms with Crippen LogP contribution in [0.2, 0.25) is 5.02 Å². The zero-order valence-corrected chi connectivity index (χ0v) is 14.3. The number of halogens is 1. The minimum absolute atomic E-state index is 0.0912. The van der Waals surface area contributed by atoms with Gasteiger partial charge in [-0.2, -0.15) is 0 Å². The first-order valence-electron chi connectivity index (χ1n) is 7.72. The molecule has 0 heterocycles. The number of amides is 1. The number of ether oxygens (including phenoxy) is 1. The van der Waals surface area contributed by atoms with E-state index in [1.54, 1.807) is 12.1 Å². The number of methoxy groups -OCH3 is 1. The standard InChI is InChI=1S/C17H21ClN2O4/c1-10(11-3-4-11)19-17(23)13-9-12(18)5-6-14(13)20-15(21)7-8-16(22)24-2/h5-11,15,20-21H,3-4H2,1-2H3,(H,19,23)/b8-7-. The monoisotopic (exact) mass is 352 g/mol. The molecule has 1 aromatic rings. The topological polar surface area (TPSA) is 87.7 Å². The lowest BCUT2D eigenvalue weighted by atomic mass is 10.1. The van der Waals surface area contributed by atoms with Gasteiger partial charge in [0.2, 0.25) is 0 Å². The zero-order chi connectivity index (χ0) is 17.7.